The molecule has 0 aromatic carbocycles. The van der Waals surface area contributed by atoms with Crippen LogP contribution in [0, 0.1) is 5.41 Å². The van der Waals surface area contributed by atoms with Gasteiger partial charge >= 0.3 is 5.97 Å². The molecule has 0 saturated carbocycles. The molecule has 0 aliphatic carbocycles. The monoisotopic (exact) mass is 257 g/mol. The van der Waals surface area contributed by atoms with Crippen LogP contribution in [0.15, 0.2) is 0 Å². The summed E-state index contributed by atoms with van der Waals surface area (Å²) in [7, 11) is 0. The molecule has 1 heterocycles. The van der Waals surface area contributed by atoms with E-state index in [0.29, 0.717) is 6.54 Å². The summed E-state index contributed by atoms with van der Waals surface area (Å²) in [5, 5.41) is 9.45. The first-order valence-electron chi connectivity index (χ1n) is 6.85. The summed E-state index contributed by atoms with van der Waals surface area (Å²) < 4.78 is 5.32. The second kappa shape index (κ2) is 6.02. The Morgan fingerprint density at radius 3 is 2.28 bits per heavy atom. The number of aliphatic hydroxyl groups is 1. The first-order valence-corrected chi connectivity index (χ1v) is 6.85. The number of hydrogen-bond acceptors (Lipinski definition) is 4. The minimum absolute atomic E-state index is 0.0738. The number of carbonyl (C=O) groups excluding carboxylic acids is 1. The summed E-state index contributed by atoms with van der Waals surface area (Å²) in [4.78, 5) is 13.8. The van der Waals surface area contributed by atoms with Crippen molar-refractivity contribution in [3.05, 3.63) is 0 Å². The van der Waals surface area contributed by atoms with Gasteiger partial charge in [-0.15, -0.1) is 0 Å². The van der Waals surface area contributed by atoms with Crippen LogP contribution in [0.1, 0.15) is 47.0 Å². The molecular formula is C14H27NO3. The third-order valence-electron chi connectivity index (χ3n) is 3.77. The molecule has 0 aromatic rings. The van der Waals surface area contributed by atoms with Gasteiger partial charge in [0.05, 0.1) is 6.54 Å². The maximum atomic E-state index is 11.7. The molecule has 1 aliphatic heterocycles. The van der Waals surface area contributed by atoms with Gasteiger partial charge < -0.3 is 9.84 Å². The van der Waals surface area contributed by atoms with Gasteiger partial charge in [-0.2, -0.15) is 0 Å². The SMILES string of the molecule is CCC1(CO)CCN(CC(=O)OC(C)(C)C)CC1. The lowest BCUT2D eigenvalue weighted by Crippen LogP contribution is -2.44. The molecule has 0 amide bonds. The molecule has 18 heavy (non-hydrogen) atoms. The van der Waals surface area contributed by atoms with E-state index in [1.54, 1.807) is 0 Å². The van der Waals surface area contributed by atoms with Crippen molar-refractivity contribution in [2.24, 2.45) is 5.41 Å². The topological polar surface area (TPSA) is 49.8 Å². The summed E-state index contributed by atoms with van der Waals surface area (Å²) >= 11 is 0. The third-order valence-corrected chi connectivity index (χ3v) is 3.77. The molecule has 1 N–H and O–H groups in total. The fraction of sp³-hybridized carbons (Fsp3) is 0.929. The molecule has 106 valence electrons. The Balaban J connectivity index is 2.38. The molecule has 1 aliphatic rings. The average molecular weight is 257 g/mol. The smallest absolute Gasteiger partial charge is 0.320 e. The Morgan fingerprint density at radius 2 is 1.89 bits per heavy atom. The van der Waals surface area contributed by atoms with Crippen LogP contribution >= 0.6 is 0 Å². The number of ether oxygens (including phenoxy) is 1. The van der Waals surface area contributed by atoms with E-state index >= 15 is 0 Å². The molecule has 4 nitrogen and oxygen atoms in total. The predicted molar refractivity (Wildman–Crippen MR) is 71.3 cm³/mol. The minimum atomic E-state index is -0.412. The predicted octanol–water partition coefficient (Wildman–Crippen LogP) is 1.81. The van der Waals surface area contributed by atoms with E-state index in [9.17, 15) is 9.90 Å². The Bertz CT molecular complexity index is 269. The fourth-order valence-corrected chi connectivity index (χ4v) is 2.37. The molecule has 1 saturated heterocycles. The van der Waals surface area contributed by atoms with Gasteiger partial charge in [-0.05, 0) is 58.5 Å². The van der Waals surface area contributed by atoms with Crippen molar-refractivity contribution in [2.45, 2.75) is 52.6 Å². The van der Waals surface area contributed by atoms with Gasteiger partial charge in [0, 0.05) is 6.61 Å². The van der Waals surface area contributed by atoms with E-state index in [1.807, 2.05) is 20.8 Å². The highest BCUT2D eigenvalue weighted by Crippen LogP contribution is 2.34. The lowest BCUT2D eigenvalue weighted by atomic mass is 9.77. The second-order valence-electron chi connectivity index (χ2n) is 6.37. The summed E-state index contributed by atoms with van der Waals surface area (Å²) in [6.45, 7) is 10.1. The zero-order valence-corrected chi connectivity index (χ0v) is 12.2. The summed E-state index contributed by atoms with van der Waals surface area (Å²) in [5.74, 6) is -0.157. The van der Waals surface area contributed by atoms with Crippen LogP contribution in [0.4, 0.5) is 0 Å². The normalized spacial score (nSPS) is 20.7. The fourth-order valence-electron chi connectivity index (χ4n) is 2.37. The van der Waals surface area contributed by atoms with Crippen LogP contribution in [0.25, 0.3) is 0 Å². The Morgan fingerprint density at radius 1 is 1.33 bits per heavy atom. The Hall–Kier alpha value is -0.610. The second-order valence-corrected chi connectivity index (χ2v) is 6.37. The van der Waals surface area contributed by atoms with Crippen LogP contribution in [0.5, 0.6) is 0 Å². The number of piperidine rings is 1. The zero-order valence-electron chi connectivity index (χ0n) is 12.2. The molecule has 0 bridgehead atoms. The van der Waals surface area contributed by atoms with E-state index in [-0.39, 0.29) is 18.0 Å². The van der Waals surface area contributed by atoms with Crippen molar-refractivity contribution < 1.29 is 14.6 Å². The molecule has 0 aromatic heterocycles. The highest BCUT2D eigenvalue weighted by molar-refractivity contribution is 5.72. The zero-order chi connectivity index (χ0) is 13.8. The van der Waals surface area contributed by atoms with Crippen LogP contribution in [0.3, 0.4) is 0 Å². The third kappa shape index (κ3) is 4.58. The highest BCUT2D eigenvalue weighted by atomic mass is 16.6. The molecule has 4 heteroatoms. The number of aliphatic hydroxyl groups excluding tert-OH is 1. The van der Waals surface area contributed by atoms with Crippen molar-refractivity contribution in [1.29, 1.82) is 0 Å². The molecule has 0 atom stereocenters. The van der Waals surface area contributed by atoms with Crippen LogP contribution in [-0.2, 0) is 9.53 Å². The van der Waals surface area contributed by atoms with Crippen LogP contribution in [0.2, 0.25) is 0 Å². The molecular weight excluding hydrogens is 230 g/mol. The molecule has 0 spiro atoms. The number of carbonyl (C=O) groups is 1. The Labute approximate surface area is 110 Å². The Kier molecular flexibility index (Phi) is 5.17. The van der Waals surface area contributed by atoms with Gasteiger partial charge in [0.25, 0.3) is 0 Å². The molecule has 0 radical (unpaired) electrons. The van der Waals surface area contributed by atoms with Crippen molar-refractivity contribution in [3.8, 4) is 0 Å². The largest absolute Gasteiger partial charge is 0.459 e. The van der Waals surface area contributed by atoms with E-state index in [1.165, 1.54) is 0 Å². The number of rotatable bonds is 4. The van der Waals surface area contributed by atoms with Crippen LogP contribution < -0.4 is 0 Å². The summed E-state index contributed by atoms with van der Waals surface area (Å²) in [5.41, 5.74) is -0.338. The first-order chi connectivity index (χ1) is 8.30. The van der Waals surface area contributed by atoms with Crippen molar-refractivity contribution in [3.63, 3.8) is 0 Å². The summed E-state index contributed by atoms with van der Waals surface area (Å²) in [6, 6.07) is 0. The molecule has 1 rings (SSSR count). The lowest BCUT2D eigenvalue weighted by Gasteiger charge is -2.40. The quantitative estimate of drug-likeness (QED) is 0.780. The van der Waals surface area contributed by atoms with Gasteiger partial charge in [-0.1, -0.05) is 6.92 Å². The van der Waals surface area contributed by atoms with Gasteiger partial charge in [-0.3, -0.25) is 9.69 Å². The van der Waals surface area contributed by atoms with Gasteiger partial charge in [0.15, 0.2) is 0 Å². The average Bonchev–Trinajstić information content (AvgIpc) is 2.28. The number of likely N-dealkylation sites (tertiary alicyclic amines) is 1. The summed E-state index contributed by atoms with van der Waals surface area (Å²) in [6.07, 6.45) is 2.93. The maximum Gasteiger partial charge on any atom is 0.320 e. The lowest BCUT2D eigenvalue weighted by molar-refractivity contribution is -0.156. The van der Waals surface area contributed by atoms with Crippen molar-refractivity contribution >= 4 is 5.97 Å². The first kappa shape index (κ1) is 15.4. The maximum absolute atomic E-state index is 11.7. The van der Waals surface area contributed by atoms with Crippen LogP contribution in [-0.4, -0.2) is 47.8 Å². The van der Waals surface area contributed by atoms with E-state index < -0.39 is 5.60 Å². The van der Waals surface area contributed by atoms with E-state index in [2.05, 4.69) is 11.8 Å². The minimum Gasteiger partial charge on any atom is -0.459 e. The van der Waals surface area contributed by atoms with Gasteiger partial charge in [0.1, 0.15) is 5.60 Å². The van der Waals surface area contributed by atoms with Crippen molar-refractivity contribution in [2.75, 3.05) is 26.2 Å². The molecule has 0 unspecified atom stereocenters. The highest BCUT2D eigenvalue weighted by Gasteiger charge is 2.33. The standard InChI is InChI=1S/C14H27NO3/c1-5-14(11-16)6-8-15(9-7-14)10-12(17)18-13(2,3)4/h16H,5-11H2,1-4H3. The number of nitrogens with zero attached hydrogens (tertiary/aromatic N) is 1. The van der Waals surface area contributed by atoms with Gasteiger partial charge in [-0.25, -0.2) is 0 Å². The van der Waals surface area contributed by atoms with E-state index in [4.69, 9.17) is 4.74 Å². The van der Waals surface area contributed by atoms with Gasteiger partial charge in [0.2, 0.25) is 0 Å². The number of esters is 1. The number of hydrogen-bond donors (Lipinski definition) is 1. The van der Waals surface area contributed by atoms with Crippen molar-refractivity contribution in [1.82, 2.24) is 4.90 Å². The van der Waals surface area contributed by atoms with E-state index in [0.717, 1.165) is 32.4 Å². The molecule has 1 fully saturated rings.